The molecule has 31 heavy (non-hydrogen) atoms. The van der Waals surface area contributed by atoms with Crippen molar-refractivity contribution >= 4 is 12.6 Å². The third kappa shape index (κ3) is 4.11. The zero-order valence-corrected chi connectivity index (χ0v) is 20.9. The molecule has 0 aromatic heterocycles. The lowest BCUT2D eigenvalue weighted by molar-refractivity contribution is 0.00578. The smallest absolute Gasteiger partial charge is 0.487 e. The van der Waals surface area contributed by atoms with Gasteiger partial charge in [0.2, 0.25) is 0 Å². The molecular formula is C27H41BO3. The highest BCUT2D eigenvalue weighted by Crippen LogP contribution is 2.51. The molecule has 1 aromatic carbocycles. The van der Waals surface area contributed by atoms with Crippen LogP contribution in [0.1, 0.15) is 105 Å². The van der Waals surface area contributed by atoms with E-state index in [2.05, 4.69) is 73.6 Å². The van der Waals surface area contributed by atoms with Crippen molar-refractivity contribution in [2.24, 2.45) is 5.92 Å². The first-order valence-electron chi connectivity index (χ1n) is 12.3. The first kappa shape index (κ1) is 22.9. The third-order valence-corrected chi connectivity index (χ3v) is 8.19. The van der Waals surface area contributed by atoms with Crippen LogP contribution in [-0.4, -0.2) is 23.9 Å². The van der Waals surface area contributed by atoms with Crippen molar-refractivity contribution in [1.82, 2.24) is 0 Å². The summed E-state index contributed by atoms with van der Waals surface area (Å²) < 4.78 is 19.9. The van der Waals surface area contributed by atoms with Crippen LogP contribution in [0.4, 0.5) is 0 Å². The maximum Gasteiger partial charge on any atom is 0.495 e. The zero-order chi connectivity index (χ0) is 22.6. The van der Waals surface area contributed by atoms with Gasteiger partial charge in [-0.2, -0.15) is 0 Å². The highest BCUT2D eigenvalue weighted by atomic mass is 16.7. The van der Waals surface area contributed by atoms with Gasteiger partial charge < -0.3 is 14.0 Å². The van der Waals surface area contributed by atoms with Gasteiger partial charge >= 0.3 is 7.12 Å². The standard InChI is InChI=1S/C27H41BO3/c1-9-10-11-12-19-16-22(28-30-26(5,6)27(7,8)31-28)24-20-15-18(2)13-14-21(20)25(3,4)29-23(24)17-19/h13,16-17,20-21H,9-12,14-15H2,1-8H3. The van der Waals surface area contributed by atoms with Crippen LogP contribution in [0, 0.1) is 5.92 Å². The Morgan fingerprint density at radius 3 is 2.32 bits per heavy atom. The van der Waals surface area contributed by atoms with Crippen molar-refractivity contribution in [3.05, 3.63) is 34.9 Å². The monoisotopic (exact) mass is 424 g/mol. The largest absolute Gasteiger partial charge is 0.495 e. The first-order chi connectivity index (χ1) is 14.4. The van der Waals surface area contributed by atoms with Crippen molar-refractivity contribution < 1.29 is 14.0 Å². The minimum atomic E-state index is -0.348. The maximum absolute atomic E-state index is 6.73. The van der Waals surface area contributed by atoms with E-state index in [4.69, 9.17) is 14.0 Å². The Morgan fingerprint density at radius 2 is 1.68 bits per heavy atom. The van der Waals surface area contributed by atoms with Crippen molar-refractivity contribution in [2.45, 2.75) is 117 Å². The molecule has 4 heteroatoms. The molecule has 2 unspecified atom stereocenters. The highest BCUT2D eigenvalue weighted by Gasteiger charge is 2.54. The van der Waals surface area contributed by atoms with Gasteiger partial charge in [0.15, 0.2) is 0 Å². The van der Waals surface area contributed by atoms with E-state index >= 15 is 0 Å². The lowest BCUT2D eigenvalue weighted by Gasteiger charge is -2.47. The Labute approximate surface area is 190 Å². The molecule has 0 radical (unpaired) electrons. The van der Waals surface area contributed by atoms with E-state index in [1.54, 1.807) is 0 Å². The number of ether oxygens (including phenoxy) is 1. The third-order valence-electron chi connectivity index (χ3n) is 8.19. The summed E-state index contributed by atoms with van der Waals surface area (Å²) >= 11 is 0. The molecule has 1 aliphatic carbocycles. The van der Waals surface area contributed by atoms with E-state index in [9.17, 15) is 0 Å². The average Bonchev–Trinajstić information content (AvgIpc) is 2.88. The lowest BCUT2D eigenvalue weighted by Crippen LogP contribution is -2.49. The van der Waals surface area contributed by atoms with Crippen LogP contribution in [0.3, 0.4) is 0 Å². The fourth-order valence-electron chi connectivity index (χ4n) is 5.57. The van der Waals surface area contributed by atoms with Crippen LogP contribution in [0.2, 0.25) is 0 Å². The minimum Gasteiger partial charge on any atom is -0.487 e. The molecule has 0 saturated carbocycles. The SMILES string of the molecule is CCCCCc1cc2c(c(B3OC(C)(C)C(C)(C)O3)c1)C1CC(C)=CCC1C(C)(C)O2. The number of hydrogen-bond acceptors (Lipinski definition) is 3. The lowest BCUT2D eigenvalue weighted by atomic mass is 9.62. The molecule has 0 N–H and O–H groups in total. The molecule has 170 valence electrons. The maximum atomic E-state index is 6.73. The molecular weight excluding hydrogens is 383 g/mol. The topological polar surface area (TPSA) is 27.7 Å². The molecule has 1 fully saturated rings. The van der Waals surface area contributed by atoms with Crippen molar-refractivity contribution in [3.8, 4) is 5.75 Å². The van der Waals surface area contributed by atoms with E-state index in [0.717, 1.165) is 25.0 Å². The van der Waals surface area contributed by atoms with Gasteiger partial charge in [0.25, 0.3) is 0 Å². The van der Waals surface area contributed by atoms with E-state index in [1.165, 1.54) is 41.4 Å². The van der Waals surface area contributed by atoms with E-state index in [-0.39, 0.29) is 23.9 Å². The highest BCUT2D eigenvalue weighted by molar-refractivity contribution is 6.62. The van der Waals surface area contributed by atoms with Gasteiger partial charge in [-0.05, 0) is 103 Å². The second-order valence-electron chi connectivity index (χ2n) is 11.6. The summed E-state index contributed by atoms with van der Waals surface area (Å²) in [6, 6.07) is 4.67. The van der Waals surface area contributed by atoms with Crippen LogP contribution >= 0.6 is 0 Å². The van der Waals surface area contributed by atoms with Gasteiger partial charge in [0, 0.05) is 5.92 Å². The number of hydrogen-bond donors (Lipinski definition) is 0. The van der Waals surface area contributed by atoms with Gasteiger partial charge in [-0.3, -0.25) is 0 Å². The summed E-state index contributed by atoms with van der Waals surface area (Å²) in [6.07, 6.45) is 9.33. The molecule has 2 aliphatic heterocycles. The van der Waals surface area contributed by atoms with E-state index in [1.807, 2.05) is 0 Å². The normalized spacial score (nSPS) is 27.9. The predicted molar refractivity (Wildman–Crippen MR) is 129 cm³/mol. The number of fused-ring (bicyclic) bond motifs is 3. The van der Waals surface area contributed by atoms with Crippen molar-refractivity contribution in [3.63, 3.8) is 0 Å². The molecule has 2 atom stereocenters. The molecule has 0 bridgehead atoms. The van der Waals surface area contributed by atoms with E-state index in [0.29, 0.717) is 11.8 Å². The van der Waals surface area contributed by atoms with Crippen LogP contribution < -0.4 is 10.2 Å². The van der Waals surface area contributed by atoms with Gasteiger partial charge in [-0.15, -0.1) is 0 Å². The van der Waals surface area contributed by atoms with Crippen LogP contribution in [0.25, 0.3) is 0 Å². The van der Waals surface area contributed by atoms with E-state index < -0.39 is 0 Å². The van der Waals surface area contributed by atoms with Crippen LogP contribution in [0.15, 0.2) is 23.8 Å². The van der Waals surface area contributed by atoms with Gasteiger partial charge in [-0.25, -0.2) is 0 Å². The summed E-state index contributed by atoms with van der Waals surface area (Å²) in [4.78, 5) is 0. The Kier molecular flexibility index (Phi) is 5.88. The summed E-state index contributed by atoms with van der Waals surface area (Å²) in [7, 11) is -0.346. The second kappa shape index (κ2) is 7.95. The molecule has 1 aromatic rings. The van der Waals surface area contributed by atoms with Crippen LogP contribution in [0.5, 0.6) is 5.75 Å². The molecule has 2 heterocycles. The summed E-state index contributed by atoms with van der Waals surface area (Å²) in [6.45, 7) is 17.6. The van der Waals surface area contributed by atoms with Gasteiger partial charge in [0.05, 0.1) is 11.2 Å². The first-order valence-corrected chi connectivity index (χ1v) is 12.3. The summed E-state index contributed by atoms with van der Waals surface area (Å²) in [5.41, 5.74) is 4.48. The average molecular weight is 424 g/mol. The molecule has 3 nitrogen and oxygen atoms in total. The minimum absolute atomic E-state index is 0.176. The molecule has 3 aliphatic rings. The fraction of sp³-hybridized carbons (Fsp3) is 0.704. The Bertz CT molecular complexity index is 851. The molecule has 0 spiro atoms. The Balaban J connectivity index is 1.82. The Hall–Kier alpha value is -1.26. The summed E-state index contributed by atoms with van der Waals surface area (Å²) in [5, 5.41) is 0. The fourth-order valence-corrected chi connectivity index (χ4v) is 5.57. The molecule has 0 amide bonds. The molecule has 4 rings (SSSR count). The zero-order valence-electron chi connectivity index (χ0n) is 20.9. The van der Waals surface area contributed by atoms with Crippen LogP contribution in [-0.2, 0) is 15.7 Å². The Morgan fingerprint density at radius 1 is 1.00 bits per heavy atom. The van der Waals surface area contributed by atoms with Gasteiger partial charge in [0.1, 0.15) is 11.4 Å². The van der Waals surface area contributed by atoms with Gasteiger partial charge in [-0.1, -0.05) is 37.5 Å². The number of aryl methyl sites for hydroxylation is 1. The number of benzene rings is 1. The second-order valence-corrected chi connectivity index (χ2v) is 11.6. The number of unbranched alkanes of at least 4 members (excludes halogenated alkanes) is 2. The quantitative estimate of drug-likeness (QED) is 0.314. The van der Waals surface area contributed by atoms with Crippen molar-refractivity contribution in [2.75, 3.05) is 0 Å². The molecule has 1 saturated heterocycles. The number of allylic oxidation sites excluding steroid dienone is 2. The predicted octanol–water partition coefficient (Wildman–Crippen LogP) is 6.33. The number of rotatable bonds is 5. The summed E-state index contributed by atoms with van der Waals surface area (Å²) in [5.74, 6) is 1.97. The van der Waals surface area contributed by atoms with Crippen molar-refractivity contribution in [1.29, 1.82) is 0 Å².